The lowest BCUT2D eigenvalue weighted by molar-refractivity contribution is -0.140. The first-order chi connectivity index (χ1) is 6.46. The second-order valence-electron chi connectivity index (χ2n) is 3.21. The number of urea groups is 1. The normalized spacial score (nSPS) is 16.9. The summed E-state index contributed by atoms with van der Waals surface area (Å²) in [5.41, 5.74) is -1.06. The molecule has 0 unspecified atom stereocenters. The van der Waals surface area contributed by atoms with Gasteiger partial charge in [0.25, 0.3) is 0 Å². The van der Waals surface area contributed by atoms with Gasteiger partial charge in [-0.1, -0.05) is 18.2 Å². The minimum atomic E-state index is -1.06. The molecule has 1 rings (SSSR count). The van der Waals surface area contributed by atoms with Gasteiger partial charge in [0.15, 0.2) is 0 Å². The maximum absolute atomic E-state index is 11.1. The van der Waals surface area contributed by atoms with Gasteiger partial charge in [0.1, 0.15) is 5.54 Å². The minimum absolute atomic E-state index is 0.128. The molecule has 0 spiro atoms. The van der Waals surface area contributed by atoms with Crippen LogP contribution in [0.1, 0.15) is 12.8 Å². The van der Waals surface area contributed by atoms with Gasteiger partial charge in [0.05, 0.1) is 6.54 Å². The van der Waals surface area contributed by atoms with Crippen molar-refractivity contribution < 1.29 is 14.7 Å². The van der Waals surface area contributed by atoms with E-state index in [1.54, 1.807) is 0 Å². The Morgan fingerprint density at radius 3 is 2.43 bits per heavy atom. The third-order valence-electron chi connectivity index (χ3n) is 1.95. The van der Waals surface area contributed by atoms with E-state index in [9.17, 15) is 9.59 Å². The molecule has 0 bridgehead atoms. The summed E-state index contributed by atoms with van der Waals surface area (Å²) < 4.78 is 0. The molecule has 1 aliphatic carbocycles. The summed E-state index contributed by atoms with van der Waals surface area (Å²) in [6, 6.07) is -0.535. The molecule has 0 heterocycles. The molecule has 0 atom stereocenters. The number of halogens is 1. The number of rotatable bonds is 4. The number of carboxylic acid groups (broad SMARTS) is 1. The quantitative estimate of drug-likeness (QED) is 0.649. The van der Waals surface area contributed by atoms with Gasteiger partial charge in [-0.15, -0.1) is 0 Å². The summed E-state index contributed by atoms with van der Waals surface area (Å²) in [5, 5.41) is 13.8. The minimum Gasteiger partial charge on any atom is -0.480 e. The topological polar surface area (TPSA) is 78.4 Å². The summed E-state index contributed by atoms with van der Waals surface area (Å²) >= 11 is 5.42. The van der Waals surface area contributed by atoms with Gasteiger partial charge in [-0.2, -0.15) is 0 Å². The predicted molar refractivity (Wildman–Crippen MR) is 51.1 cm³/mol. The van der Waals surface area contributed by atoms with E-state index in [2.05, 4.69) is 17.2 Å². The van der Waals surface area contributed by atoms with Crippen molar-refractivity contribution in [1.29, 1.82) is 0 Å². The average Bonchev–Trinajstić information content (AvgIpc) is 2.82. The third-order valence-corrected chi connectivity index (χ3v) is 2.09. The number of nitrogens with one attached hydrogen (secondary N) is 2. The molecule has 0 aliphatic heterocycles. The summed E-state index contributed by atoms with van der Waals surface area (Å²) in [6.07, 6.45) is 0.940. The number of carboxylic acids is 1. The third kappa shape index (κ3) is 2.63. The number of carbonyl (C=O) groups is 2. The number of amides is 2. The van der Waals surface area contributed by atoms with Gasteiger partial charge in [-0.3, -0.25) is 0 Å². The van der Waals surface area contributed by atoms with Gasteiger partial charge in [0, 0.05) is 5.03 Å². The van der Waals surface area contributed by atoms with Gasteiger partial charge in [-0.25, -0.2) is 9.59 Å². The summed E-state index contributed by atoms with van der Waals surface area (Å²) in [5.74, 6) is -1.00. The Hall–Kier alpha value is -1.23. The van der Waals surface area contributed by atoms with Gasteiger partial charge in [0.2, 0.25) is 0 Å². The highest BCUT2D eigenvalue weighted by Crippen LogP contribution is 2.35. The maximum atomic E-state index is 11.1. The first kappa shape index (κ1) is 10.8. The summed E-state index contributed by atoms with van der Waals surface area (Å²) in [6.45, 7) is 3.51. The van der Waals surface area contributed by atoms with Crippen molar-refractivity contribution in [3.63, 3.8) is 0 Å². The molecule has 1 saturated carbocycles. The Labute approximate surface area is 86.1 Å². The summed E-state index contributed by atoms with van der Waals surface area (Å²) in [4.78, 5) is 21.8. The second-order valence-corrected chi connectivity index (χ2v) is 3.75. The van der Waals surface area contributed by atoms with Crippen LogP contribution in [0, 0.1) is 0 Å². The number of aliphatic carboxylic acids is 1. The molecule has 0 aromatic carbocycles. The van der Waals surface area contributed by atoms with Crippen molar-refractivity contribution in [3.05, 3.63) is 11.6 Å². The number of hydrogen-bond acceptors (Lipinski definition) is 2. The molecule has 0 radical (unpaired) electrons. The molecule has 5 nitrogen and oxygen atoms in total. The fraction of sp³-hybridized carbons (Fsp3) is 0.500. The van der Waals surface area contributed by atoms with E-state index in [1.807, 2.05) is 0 Å². The van der Waals surface area contributed by atoms with Crippen molar-refractivity contribution in [2.45, 2.75) is 18.4 Å². The number of carbonyl (C=O) groups excluding carboxylic acids is 1. The van der Waals surface area contributed by atoms with Crippen LogP contribution in [0.3, 0.4) is 0 Å². The highest BCUT2D eigenvalue weighted by molar-refractivity contribution is 6.29. The van der Waals surface area contributed by atoms with Crippen LogP contribution < -0.4 is 10.6 Å². The van der Waals surface area contributed by atoms with Crippen molar-refractivity contribution in [2.75, 3.05) is 6.54 Å². The lowest BCUT2D eigenvalue weighted by Crippen LogP contribution is -2.48. The van der Waals surface area contributed by atoms with E-state index < -0.39 is 17.5 Å². The van der Waals surface area contributed by atoms with Gasteiger partial charge < -0.3 is 15.7 Å². The van der Waals surface area contributed by atoms with Crippen LogP contribution in [0.25, 0.3) is 0 Å². The van der Waals surface area contributed by atoms with Crippen molar-refractivity contribution >= 4 is 23.6 Å². The zero-order valence-electron chi connectivity index (χ0n) is 7.47. The molecule has 6 heteroatoms. The molecule has 3 N–H and O–H groups in total. The van der Waals surface area contributed by atoms with Crippen LogP contribution in [0.2, 0.25) is 0 Å². The molecule has 0 aromatic heterocycles. The van der Waals surface area contributed by atoms with E-state index >= 15 is 0 Å². The van der Waals surface area contributed by atoms with Crippen LogP contribution in [0.4, 0.5) is 4.79 Å². The zero-order chi connectivity index (χ0) is 10.8. The Bertz CT molecular complexity index is 286. The molecule has 0 saturated heterocycles. The van der Waals surface area contributed by atoms with E-state index in [1.165, 1.54) is 0 Å². The molecular formula is C8H11ClN2O3. The van der Waals surface area contributed by atoms with E-state index in [0.29, 0.717) is 17.9 Å². The van der Waals surface area contributed by atoms with Crippen molar-refractivity contribution in [1.82, 2.24) is 10.6 Å². The SMILES string of the molecule is C=C(Cl)CNC(=O)NC1(C(=O)O)CC1. The molecule has 1 fully saturated rings. The average molecular weight is 219 g/mol. The molecule has 2 amide bonds. The Morgan fingerprint density at radius 1 is 1.50 bits per heavy atom. The van der Waals surface area contributed by atoms with E-state index in [4.69, 9.17) is 16.7 Å². The molecule has 78 valence electrons. The molecule has 14 heavy (non-hydrogen) atoms. The van der Waals surface area contributed by atoms with Crippen LogP contribution in [-0.4, -0.2) is 29.2 Å². The second kappa shape index (κ2) is 3.88. The standard InChI is InChI=1S/C8H11ClN2O3/c1-5(9)4-10-7(14)11-8(2-3-8)6(12)13/h1-4H2,(H,12,13)(H2,10,11,14). The van der Waals surface area contributed by atoms with E-state index in [-0.39, 0.29) is 6.54 Å². The van der Waals surface area contributed by atoms with Gasteiger partial charge in [-0.05, 0) is 12.8 Å². The van der Waals surface area contributed by atoms with Crippen molar-refractivity contribution in [2.24, 2.45) is 0 Å². The Balaban J connectivity index is 2.34. The fourth-order valence-electron chi connectivity index (χ4n) is 0.955. The largest absolute Gasteiger partial charge is 0.480 e. The van der Waals surface area contributed by atoms with Crippen LogP contribution in [0.15, 0.2) is 11.6 Å². The highest BCUT2D eigenvalue weighted by Gasteiger charge is 2.51. The highest BCUT2D eigenvalue weighted by atomic mass is 35.5. The summed E-state index contributed by atoms with van der Waals surface area (Å²) in [7, 11) is 0. The maximum Gasteiger partial charge on any atom is 0.329 e. The number of hydrogen-bond donors (Lipinski definition) is 3. The van der Waals surface area contributed by atoms with Crippen LogP contribution >= 0.6 is 11.6 Å². The van der Waals surface area contributed by atoms with Gasteiger partial charge >= 0.3 is 12.0 Å². The molecule has 1 aliphatic rings. The Kier molecular flexibility index (Phi) is 3.00. The van der Waals surface area contributed by atoms with Crippen LogP contribution in [0.5, 0.6) is 0 Å². The van der Waals surface area contributed by atoms with E-state index in [0.717, 1.165) is 0 Å². The molecule has 0 aromatic rings. The predicted octanol–water partition coefficient (Wildman–Crippen LogP) is 0.655. The smallest absolute Gasteiger partial charge is 0.329 e. The molecular weight excluding hydrogens is 208 g/mol. The Morgan fingerprint density at radius 2 is 2.07 bits per heavy atom. The fourth-order valence-corrected chi connectivity index (χ4v) is 1.02. The zero-order valence-corrected chi connectivity index (χ0v) is 8.23. The first-order valence-corrected chi connectivity index (χ1v) is 4.47. The lowest BCUT2D eigenvalue weighted by atomic mass is 10.3. The monoisotopic (exact) mass is 218 g/mol. The lowest BCUT2D eigenvalue weighted by Gasteiger charge is -2.12. The van der Waals surface area contributed by atoms with Crippen LogP contribution in [-0.2, 0) is 4.79 Å². The first-order valence-electron chi connectivity index (χ1n) is 4.09. The van der Waals surface area contributed by atoms with Crippen molar-refractivity contribution in [3.8, 4) is 0 Å².